The van der Waals surface area contributed by atoms with Crippen molar-refractivity contribution in [3.63, 3.8) is 0 Å². The summed E-state index contributed by atoms with van der Waals surface area (Å²) in [7, 11) is 4.37. The molecule has 1 aliphatic heterocycles. The molecule has 0 spiro atoms. The molecule has 1 atom stereocenters. The van der Waals surface area contributed by atoms with Crippen molar-refractivity contribution in [3.8, 4) is 17.2 Å². The summed E-state index contributed by atoms with van der Waals surface area (Å²) < 4.78 is 15.7. The Morgan fingerprint density at radius 2 is 1.83 bits per heavy atom. The van der Waals surface area contributed by atoms with E-state index in [1.54, 1.807) is 18.2 Å². The number of rotatable bonds is 7. The minimum absolute atomic E-state index is 0.0154. The van der Waals surface area contributed by atoms with E-state index in [0.717, 1.165) is 0 Å². The molecule has 1 saturated heterocycles. The van der Waals surface area contributed by atoms with E-state index in [4.69, 9.17) is 14.2 Å². The Morgan fingerprint density at radius 1 is 1.10 bits per heavy atom. The maximum atomic E-state index is 12.8. The maximum absolute atomic E-state index is 12.8. The number of ether oxygens (including phenoxy) is 3. The highest BCUT2D eigenvalue weighted by Gasteiger charge is 2.36. The van der Waals surface area contributed by atoms with Crippen LogP contribution in [0.15, 0.2) is 36.4 Å². The quantitative estimate of drug-likeness (QED) is 0.545. The van der Waals surface area contributed by atoms with Gasteiger partial charge in [0.1, 0.15) is 17.2 Å². The lowest BCUT2D eigenvalue weighted by molar-refractivity contribution is -0.384. The van der Waals surface area contributed by atoms with Crippen LogP contribution in [0, 0.1) is 16.0 Å². The van der Waals surface area contributed by atoms with Crippen LogP contribution in [-0.4, -0.2) is 44.6 Å². The van der Waals surface area contributed by atoms with Crippen LogP contribution in [0.4, 0.5) is 17.1 Å². The van der Waals surface area contributed by atoms with Gasteiger partial charge in [-0.15, -0.1) is 0 Å². The molecule has 158 valence electrons. The third kappa shape index (κ3) is 4.12. The van der Waals surface area contributed by atoms with Crippen molar-refractivity contribution >= 4 is 28.9 Å². The molecule has 10 heteroatoms. The van der Waals surface area contributed by atoms with Crippen LogP contribution in [0.1, 0.15) is 6.42 Å². The Hall–Kier alpha value is -3.82. The zero-order valence-corrected chi connectivity index (χ0v) is 16.7. The molecule has 0 radical (unpaired) electrons. The highest BCUT2D eigenvalue weighted by atomic mass is 16.6. The third-order valence-electron chi connectivity index (χ3n) is 4.83. The molecule has 2 aromatic carbocycles. The fraction of sp³-hybridized carbons (Fsp3) is 0.300. The Labute approximate surface area is 172 Å². The lowest BCUT2D eigenvalue weighted by atomic mass is 10.1. The van der Waals surface area contributed by atoms with Crippen molar-refractivity contribution in [1.29, 1.82) is 0 Å². The second-order valence-electron chi connectivity index (χ2n) is 6.57. The number of nitrogens with zero attached hydrogens (tertiary/aromatic N) is 2. The van der Waals surface area contributed by atoms with Gasteiger partial charge in [0.2, 0.25) is 11.8 Å². The fourth-order valence-electron chi connectivity index (χ4n) is 3.26. The number of nitro benzene ring substituents is 1. The molecule has 3 rings (SSSR count). The monoisotopic (exact) mass is 415 g/mol. The summed E-state index contributed by atoms with van der Waals surface area (Å²) in [5.74, 6) is -0.0249. The van der Waals surface area contributed by atoms with Gasteiger partial charge < -0.3 is 24.4 Å². The minimum atomic E-state index is -0.617. The summed E-state index contributed by atoms with van der Waals surface area (Å²) >= 11 is 0. The number of nitro groups is 1. The van der Waals surface area contributed by atoms with Crippen LogP contribution in [0.25, 0.3) is 0 Å². The first-order valence-corrected chi connectivity index (χ1v) is 9.03. The Kier molecular flexibility index (Phi) is 6.05. The number of amides is 2. The van der Waals surface area contributed by atoms with Gasteiger partial charge in [-0.3, -0.25) is 19.7 Å². The summed E-state index contributed by atoms with van der Waals surface area (Å²) in [6, 6.07) is 8.98. The highest BCUT2D eigenvalue weighted by Crippen LogP contribution is 2.36. The molecule has 1 fully saturated rings. The lowest BCUT2D eigenvalue weighted by Gasteiger charge is -2.20. The molecular formula is C20H21N3O7. The number of carbonyl (C=O) groups excluding carboxylic acids is 2. The van der Waals surface area contributed by atoms with E-state index in [0.29, 0.717) is 17.2 Å². The van der Waals surface area contributed by atoms with Crippen molar-refractivity contribution < 1.29 is 28.7 Å². The van der Waals surface area contributed by atoms with Crippen LogP contribution in [0.5, 0.6) is 17.2 Å². The molecule has 0 aliphatic carbocycles. The van der Waals surface area contributed by atoms with Gasteiger partial charge in [0.25, 0.3) is 5.69 Å². The molecule has 2 aromatic rings. The van der Waals surface area contributed by atoms with Crippen molar-refractivity contribution in [2.24, 2.45) is 5.92 Å². The van der Waals surface area contributed by atoms with Gasteiger partial charge in [-0.2, -0.15) is 0 Å². The van der Waals surface area contributed by atoms with E-state index >= 15 is 0 Å². The van der Waals surface area contributed by atoms with Gasteiger partial charge in [-0.25, -0.2) is 0 Å². The predicted octanol–water partition coefficient (Wildman–Crippen LogP) is 2.61. The highest BCUT2D eigenvalue weighted by molar-refractivity contribution is 6.04. The van der Waals surface area contributed by atoms with Gasteiger partial charge in [-0.1, -0.05) is 0 Å². The number of benzene rings is 2. The molecule has 2 amide bonds. The van der Waals surface area contributed by atoms with Crippen LogP contribution < -0.4 is 24.4 Å². The summed E-state index contributed by atoms with van der Waals surface area (Å²) in [6.07, 6.45) is 0.0154. The van der Waals surface area contributed by atoms with Gasteiger partial charge in [0.05, 0.1) is 49.6 Å². The number of nitrogens with one attached hydrogen (secondary N) is 1. The van der Waals surface area contributed by atoms with Crippen LogP contribution in [0.3, 0.4) is 0 Å². The van der Waals surface area contributed by atoms with E-state index in [2.05, 4.69) is 5.32 Å². The summed E-state index contributed by atoms with van der Waals surface area (Å²) in [5.41, 5.74) is 0.653. The van der Waals surface area contributed by atoms with Crippen LogP contribution in [-0.2, 0) is 9.59 Å². The number of methoxy groups -OCH3 is 3. The van der Waals surface area contributed by atoms with Crippen molar-refractivity contribution in [2.75, 3.05) is 38.1 Å². The number of anilines is 2. The summed E-state index contributed by atoms with van der Waals surface area (Å²) in [6.45, 7) is 0.156. The first-order valence-electron chi connectivity index (χ1n) is 9.03. The van der Waals surface area contributed by atoms with Crippen molar-refractivity contribution in [3.05, 3.63) is 46.5 Å². The molecule has 0 unspecified atom stereocenters. The third-order valence-corrected chi connectivity index (χ3v) is 4.83. The number of hydrogen-bond acceptors (Lipinski definition) is 7. The Bertz CT molecular complexity index is 992. The van der Waals surface area contributed by atoms with Gasteiger partial charge in [0, 0.05) is 25.1 Å². The zero-order chi connectivity index (χ0) is 21.8. The predicted molar refractivity (Wildman–Crippen MR) is 108 cm³/mol. The van der Waals surface area contributed by atoms with Gasteiger partial charge >= 0.3 is 0 Å². The van der Waals surface area contributed by atoms with Gasteiger partial charge in [-0.05, 0) is 18.2 Å². The van der Waals surface area contributed by atoms with Crippen LogP contribution in [0.2, 0.25) is 0 Å². The topological polar surface area (TPSA) is 120 Å². The largest absolute Gasteiger partial charge is 0.497 e. The first-order chi connectivity index (χ1) is 14.4. The zero-order valence-electron chi connectivity index (χ0n) is 16.7. The van der Waals surface area contributed by atoms with Crippen molar-refractivity contribution in [1.82, 2.24) is 0 Å². The van der Waals surface area contributed by atoms with Crippen molar-refractivity contribution in [2.45, 2.75) is 6.42 Å². The minimum Gasteiger partial charge on any atom is -0.497 e. The molecular weight excluding hydrogens is 394 g/mol. The smallest absolute Gasteiger partial charge is 0.273 e. The summed E-state index contributed by atoms with van der Waals surface area (Å²) in [5, 5.41) is 13.6. The maximum Gasteiger partial charge on any atom is 0.273 e. The number of carbonyl (C=O) groups is 2. The average molecular weight is 415 g/mol. The molecule has 1 heterocycles. The standard InChI is InChI=1S/C20H21N3O7/c1-28-14-5-7-17(29-2)16(10-14)22-11-12(8-19(22)24)20(25)21-15-6-4-13(23(26)27)9-18(15)30-3/h4-7,9-10,12H,8,11H2,1-3H3,(H,21,25)/t12-/m0/s1. The lowest BCUT2D eigenvalue weighted by Crippen LogP contribution is -2.28. The Morgan fingerprint density at radius 3 is 2.47 bits per heavy atom. The van der Waals surface area contributed by atoms with E-state index in [-0.39, 0.29) is 41.9 Å². The van der Waals surface area contributed by atoms with E-state index in [9.17, 15) is 19.7 Å². The SMILES string of the molecule is COc1ccc(OC)c(N2C[C@@H](C(=O)Nc3ccc([N+](=O)[O-])cc3OC)CC2=O)c1. The first kappa shape index (κ1) is 20.9. The Balaban J connectivity index is 1.79. The second kappa shape index (κ2) is 8.68. The average Bonchev–Trinajstić information content (AvgIpc) is 3.14. The number of hydrogen-bond donors (Lipinski definition) is 1. The molecule has 30 heavy (non-hydrogen) atoms. The van der Waals surface area contributed by atoms with E-state index in [1.807, 2.05) is 0 Å². The van der Waals surface area contributed by atoms with Crippen LogP contribution >= 0.6 is 0 Å². The molecule has 10 nitrogen and oxygen atoms in total. The van der Waals surface area contributed by atoms with E-state index in [1.165, 1.54) is 44.4 Å². The normalized spacial score (nSPS) is 15.6. The molecule has 0 aromatic heterocycles. The second-order valence-corrected chi connectivity index (χ2v) is 6.57. The molecule has 1 N–H and O–H groups in total. The van der Waals surface area contributed by atoms with E-state index < -0.39 is 10.8 Å². The summed E-state index contributed by atoms with van der Waals surface area (Å²) in [4.78, 5) is 37.2. The molecule has 1 aliphatic rings. The number of non-ortho nitro benzene ring substituents is 1. The fourth-order valence-corrected chi connectivity index (χ4v) is 3.26. The molecule has 0 bridgehead atoms. The van der Waals surface area contributed by atoms with Gasteiger partial charge in [0.15, 0.2) is 0 Å². The molecule has 0 saturated carbocycles.